The van der Waals surface area contributed by atoms with Crippen LogP contribution in [0.3, 0.4) is 0 Å². The maximum atomic E-state index is 7.26. The second kappa shape index (κ2) is 2.42. The van der Waals surface area contributed by atoms with Gasteiger partial charge in [-0.05, 0) is 12.5 Å². The van der Waals surface area contributed by atoms with Gasteiger partial charge in [0, 0.05) is 19.0 Å². The molecule has 2 heterocycles. The van der Waals surface area contributed by atoms with Gasteiger partial charge in [0.1, 0.15) is 0 Å². The van der Waals surface area contributed by atoms with E-state index in [-0.39, 0.29) is 0 Å². The highest BCUT2D eigenvalue weighted by Gasteiger charge is 2.16. The topological polar surface area (TPSA) is 27.1 Å². The molecule has 1 aromatic heterocycles. The molecule has 0 radical (unpaired) electrons. The van der Waals surface area contributed by atoms with Crippen molar-refractivity contribution in [1.82, 2.24) is 9.78 Å². The highest BCUT2D eigenvalue weighted by Crippen LogP contribution is 2.16. The van der Waals surface area contributed by atoms with Crippen molar-refractivity contribution in [3.63, 3.8) is 0 Å². The van der Waals surface area contributed by atoms with Gasteiger partial charge in [-0.25, -0.2) is 0 Å². The molecule has 1 aliphatic rings. The van der Waals surface area contributed by atoms with Gasteiger partial charge in [-0.1, -0.05) is 0 Å². The van der Waals surface area contributed by atoms with Crippen LogP contribution in [0.1, 0.15) is 13.8 Å². The molecule has 1 aliphatic heterocycles. The van der Waals surface area contributed by atoms with E-state index < -0.39 is 0 Å². The molecule has 0 bridgehead atoms. The minimum Gasteiger partial charge on any atom is -0.379 e. The molecule has 0 amide bonds. The lowest BCUT2D eigenvalue weighted by atomic mass is 10.3. The van der Waals surface area contributed by atoms with E-state index in [9.17, 15) is 0 Å². The van der Waals surface area contributed by atoms with Crippen molar-refractivity contribution < 1.29 is 6.11 Å². The number of nitrogens with zero attached hydrogens (tertiary/aromatic N) is 2. The fourth-order valence-electron chi connectivity index (χ4n) is 1.17. The Balaban J connectivity index is 2.15. The highest BCUT2D eigenvalue weighted by molar-refractivity contribution is 4.82. The number of rotatable bonds is 1. The molecule has 10 heavy (non-hydrogen) atoms. The van der Waals surface area contributed by atoms with Crippen LogP contribution < -0.4 is 0 Å². The van der Waals surface area contributed by atoms with Gasteiger partial charge < -0.3 is 4.74 Å². The summed E-state index contributed by atoms with van der Waals surface area (Å²) in [5.74, 6) is 0. The Morgan fingerprint density at radius 2 is 2.80 bits per heavy atom. The van der Waals surface area contributed by atoms with Crippen molar-refractivity contribution in [2.45, 2.75) is 12.5 Å². The van der Waals surface area contributed by atoms with E-state index in [0.717, 1.165) is 19.6 Å². The summed E-state index contributed by atoms with van der Waals surface area (Å²) >= 11 is 0. The summed E-state index contributed by atoms with van der Waals surface area (Å²) < 4.78 is 14.3. The smallest absolute Gasteiger partial charge is 0.0774 e. The molecule has 1 atom stereocenters. The molecule has 3 heteroatoms. The largest absolute Gasteiger partial charge is 0.379 e. The normalized spacial score (nSPS) is 26.8. The first kappa shape index (κ1) is 4.91. The third kappa shape index (κ3) is 0.926. The maximum Gasteiger partial charge on any atom is 0.0774 e. The molecule has 1 aromatic rings. The van der Waals surface area contributed by atoms with Crippen molar-refractivity contribution in [1.29, 1.82) is 0 Å². The molecule has 54 valence electrons. The van der Waals surface area contributed by atoms with E-state index >= 15 is 0 Å². The summed E-state index contributed by atoms with van der Waals surface area (Å²) in [6.07, 6.45) is 4.30. The van der Waals surface area contributed by atoms with Crippen molar-refractivity contribution in [2.24, 2.45) is 0 Å². The fraction of sp³-hybridized carbons (Fsp3) is 0.571. The van der Waals surface area contributed by atoms with E-state index in [0.29, 0.717) is 12.1 Å². The average Bonchev–Trinajstić information content (AvgIpc) is 2.55. The number of hydrogen-bond acceptors (Lipinski definition) is 2. The molecule has 1 fully saturated rings. The Kier molecular flexibility index (Phi) is 1.19. The van der Waals surface area contributed by atoms with Crippen LogP contribution in [0.25, 0.3) is 0 Å². The zero-order valence-electron chi connectivity index (χ0n) is 6.66. The molecule has 0 aromatic carbocycles. The van der Waals surface area contributed by atoms with E-state index in [2.05, 4.69) is 5.10 Å². The fourth-order valence-corrected chi connectivity index (χ4v) is 1.17. The summed E-state index contributed by atoms with van der Waals surface area (Å²) in [5, 5.41) is 4.05. The van der Waals surface area contributed by atoms with Crippen LogP contribution in [0.5, 0.6) is 0 Å². The standard InChI is InChI=1S/C7H10N2O/c1-3-8-9(4-1)7-2-5-10-6-7/h1,3-4,7H,2,5-6H2/t7-/m1/s1/i1D. The number of ether oxygens (including phenoxy) is 1. The van der Waals surface area contributed by atoms with Crippen molar-refractivity contribution in [3.8, 4) is 0 Å². The molecule has 2 rings (SSSR count). The maximum absolute atomic E-state index is 7.26. The molecule has 0 saturated carbocycles. The lowest BCUT2D eigenvalue weighted by Crippen LogP contribution is -2.08. The summed E-state index contributed by atoms with van der Waals surface area (Å²) in [7, 11) is 0. The van der Waals surface area contributed by atoms with Crippen LogP contribution in [-0.4, -0.2) is 23.0 Å². The summed E-state index contributed by atoms with van der Waals surface area (Å²) in [6, 6.07) is 0.825. The van der Waals surface area contributed by atoms with Gasteiger partial charge in [-0.3, -0.25) is 4.68 Å². The molecule has 0 spiro atoms. The van der Waals surface area contributed by atoms with Crippen LogP contribution in [0.4, 0.5) is 0 Å². The molecular formula is C7H10N2O. The van der Waals surface area contributed by atoms with Crippen molar-refractivity contribution >= 4 is 0 Å². The van der Waals surface area contributed by atoms with Gasteiger partial charge >= 0.3 is 0 Å². The van der Waals surface area contributed by atoms with Gasteiger partial charge in [-0.15, -0.1) is 0 Å². The Labute approximate surface area is 61.0 Å². The van der Waals surface area contributed by atoms with Gasteiger partial charge in [0.2, 0.25) is 0 Å². The Morgan fingerprint density at radius 1 is 1.80 bits per heavy atom. The highest BCUT2D eigenvalue weighted by atomic mass is 16.5. The lowest BCUT2D eigenvalue weighted by molar-refractivity contribution is 0.184. The van der Waals surface area contributed by atoms with Crippen LogP contribution in [-0.2, 0) is 4.74 Å². The lowest BCUT2D eigenvalue weighted by Gasteiger charge is -2.05. The van der Waals surface area contributed by atoms with E-state index in [1.165, 1.54) is 0 Å². The Hall–Kier alpha value is -0.830. The van der Waals surface area contributed by atoms with Gasteiger partial charge in [0.05, 0.1) is 14.0 Å². The van der Waals surface area contributed by atoms with E-state index in [4.69, 9.17) is 6.11 Å². The van der Waals surface area contributed by atoms with E-state index in [1.807, 2.05) is 4.68 Å². The predicted molar refractivity (Wildman–Crippen MR) is 36.7 cm³/mol. The minimum atomic E-state index is 0.356. The van der Waals surface area contributed by atoms with Gasteiger partial charge in [0.25, 0.3) is 0 Å². The quantitative estimate of drug-likeness (QED) is 0.576. The summed E-state index contributed by atoms with van der Waals surface area (Å²) in [6.45, 7) is 1.55. The molecule has 0 N–H and O–H groups in total. The van der Waals surface area contributed by atoms with Gasteiger partial charge in [0.15, 0.2) is 0 Å². The predicted octanol–water partition coefficient (Wildman–Crippen LogP) is 0.845. The van der Waals surface area contributed by atoms with Gasteiger partial charge in [-0.2, -0.15) is 5.10 Å². The molecule has 0 aliphatic carbocycles. The Morgan fingerprint density at radius 3 is 3.40 bits per heavy atom. The van der Waals surface area contributed by atoms with Crippen LogP contribution in [0.15, 0.2) is 18.4 Å². The summed E-state index contributed by atoms with van der Waals surface area (Å²) in [5.41, 5.74) is 0. The monoisotopic (exact) mass is 139 g/mol. The molecule has 3 nitrogen and oxygen atoms in total. The van der Waals surface area contributed by atoms with Crippen molar-refractivity contribution in [2.75, 3.05) is 13.2 Å². The number of aromatic nitrogens is 2. The van der Waals surface area contributed by atoms with Crippen LogP contribution in [0.2, 0.25) is 0 Å². The van der Waals surface area contributed by atoms with Crippen LogP contribution in [0, 0.1) is 0 Å². The molecular weight excluding hydrogens is 128 g/mol. The third-order valence-electron chi connectivity index (χ3n) is 1.75. The van der Waals surface area contributed by atoms with Crippen molar-refractivity contribution in [3.05, 3.63) is 18.4 Å². The second-order valence-electron chi connectivity index (χ2n) is 2.44. The zero-order valence-corrected chi connectivity index (χ0v) is 5.66. The third-order valence-corrected chi connectivity index (χ3v) is 1.75. The number of hydrogen-bond donors (Lipinski definition) is 0. The zero-order chi connectivity index (χ0) is 7.68. The summed E-state index contributed by atoms with van der Waals surface area (Å²) in [4.78, 5) is 0. The molecule has 1 saturated heterocycles. The first-order valence-electron chi connectivity index (χ1n) is 3.95. The first-order chi connectivity index (χ1) is 5.36. The molecule has 0 unspecified atom stereocenters. The average molecular weight is 139 g/mol. The second-order valence-corrected chi connectivity index (χ2v) is 2.44. The van der Waals surface area contributed by atoms with E-state index in [1.54, 1.807) is 12.4 Å². The first-order valence-corrected chi connectivity index (χ1v) is 3.45. The minimum absolute atomic E-state index is 0.356. The van der Waals surface area contributed by atoms with Crippen LogP contribution >= 0.6 is 0 Å². The Bertz CT molecular complexity index is 242. The SMILES string of the molecule is [2H]c1cnn([C@@H]2CCOC2)c1.